The standard InChI is InChI=1S/C18H27NO/c1-20-17-10-8-14(9-11-17)18(19)16-7-6-13-4-2-3-5-15(13)12-16/h8-11,13,15-16,18H,2-7,12,19H2,1H3. The highest BCUT2D eigenvalue weighted by atomic mass is 16.5. The molecule has 0 heterocycles. The fraction of sp³-hybridized carbons (Fsp3) is 0.667. The predicted octanol–water partition coefficient (Wildman–Crippen LogP) is 4.30. The van der Waals surface area contributed by atoms with Crippen molar-refractivity contribution in [2.24, 2.45) is 23.5 Å². The van der Waals surface area contributed by atoms with E-state index in [4.69, 9.17) is 10.5 Å². The lowest BCUT2D eigenvalue weighted by Crippen LogP contribution is -2.33. The Balaban J connectivity index is 1.65. The Morgan fingerprint density at radius 3 is 2.40 bits per heavy atom. The van der Waals surface area contributed by atoms with E-state index in [1.165, 1.54) is 50.5 Å². The molecule has 0 spiro atoms. The normalized spacial score (nSPS) is 31.4. The lowest BCUT2D eigenvalue weighted by atomic mass is 9.65. The zero-order valence-electron chi connectivity index (χ0n) is 12.6. The highest BCUT2D eigenvalue weighted by Crippen LogP contribution is 2.45. The molecule has 4 atom stereocenters. The van der Waals surface area contributed by atoms with Crippen molar-refractivity contribution in [1.29, 1.82) is 0 Å². The topological polar surface area (TPSA) is 35.2 Å². The summed E-state index contributed by atoms with van der Waals surface area (Å²) in [5.41, 5.74) is 7.81. The lowest BCUT2D eigenvalue weighted by molar-refractivity contribution is 0.117. The van der Waals surface area contributed by atoms with Crippen LogP contribution in [0.15, 0.2) is 24.3 Å². The second-order valence-corrected chi connectivity index (χ2v) is 6.68. The number of ether oxygens (including phenoxy) is 1. The van der Waals surface area contributed by atoms with Crippen LogP contribution in [0.2, 0.25) is 0 Å². The van der Waals surface area contributed by atoms with Crippen LogP contribution in [0.4, 0.5) is 0 Å². The molecule has 2 saturated carbocycles. The molecule has 1 aromatic carbocycles. The second kappa shape index (κ2) is 6.17. The molecule has 0 bridgehead atoms. The molecule has 1 aromatic rings. The second-order valence-electron chi connectivity index (χ2n) is 6.68. The molecule has 2 heteroatoms. The monoisotopic (exact) mass is 273 g/mol. The molecule has 3 rings (SSSR count). The molecule has 2 fully saturated rings. The van der Waals surface area contributed by atoms with Crippen molar-refractivity contribution in [2.75, 3.05) is 7.11 Å². The maximum Gasteiger partial charge on any atom is 0.118 e. The molecule has 0 radical (unpaired) electrons. The van der Waals surface area contributed by atoms with E-state index in [1.54, 1.807) is 7.11 Å². The smallest absolute Gasteiger partial charge is 0.118 e. The Kier molecular flexibility index (Phi) is 4.30. The minimum absolute atomic E-state index is 0.198. The van der Waals surface area contributed by atoms with Crippen LogP contribution in [-0.2, 0) is 0 Å². The summed E-state index contributed by atoms with van der Waals surface area (Å²) in [6.45, 7) is 0. The minimum Gasteiger partial charge on any atom is -0.497 e. The zero-order chi connectivity index (χ0) is 13.9. The summed E-state index contributed by atoms with van der Waals surface area (Å²) >= 11 is 0. The number of rotatable bonds is 3. The van der Waals surface area contributed by atoms with Crippen LogP contribution in [-0.4, -0.2) is 7.11 Å². The molecule has 4 unspecified atom stereocenters. The number of hydrogen-bond acceptors (Lipinski definition) is 2. The van der Waals surface area contributed by atoms with E-state index in [0.29, 0.717) is 5.92 Å². The van der Waals surface area contributed by atoms with Crippen LogP contribution in [0.1, 0.15) is 56.6 Å². The summed E-state index contributed by atoms with van der Waals surface area (Å²) in [6, 6.07) is 8.53. The molecule has 110 valence electrons. The largest absolute Gasteiger partial charge is 0.497 e. The van der Waals surface area contributed by atoms with Crippen molar-refractivity contribution < 1.29 is 4.74 Å². The average molecular weight is 273 g/mol. The van der Waals surface area contributed by atoms with E-state index in [2.05, 4.69) is 12.1 Å². The molecule has 2 nitrogen and oxygen atoms in total. The third-order valence-corrected chi connectivity index (χ3v) is 5.59. The number of hydrogen-bond donors (Lipinski definition) is 1. The first-order chi connectivity index (χ1) is 9.78. The van der Waals surface area contributed by atoms with Crippen molar-refractivity contribution in [1.82, 2.24) is 0 Å². The van der Waals surface area contributed by atoms with Crippen molar-refractivity contribution in [3.63, 3.8) is 0 Å². The van der Waals surface area contributed by atoms with Gasteiger partial charge in [0.15, 0.2) is 0 Å². The van der Waals surface area contributed by atoms with Crippen LogP contribution < -0.4 is 10.5 Å². The Morgan fingerprint density at radius 1 is 1.00 bits per heavy atom. The molecule has 2 aliphatic carbocycles. The summed E-state index contributed by atoms with van der Waals surface area (Å²) in [6.07, 6.45) is 9.86. The van der Waals surface area contributed by atoms with E-state index in [0.717, 1.165) is 17.6 Å². The van der Waals surface area contributed by atoms with Crippen molar-refractivity contribution in [3.05, 3.63) is 29.8 Å². The fourth-order valence-electron chi connectivity index (χ4n) is 4.33. The van der Waals surface area contributed by atoms with Gasteiger partial charge in [0, 0.05) is 6.04 Å². The summed E-state index contributed by atoms with van der Waals surface area (Å²) in [7, 11) is 1.71. The number of fused-ring (bicyclic) bond motifs is 1. The number of nitrogens with two attached hydrogens (primary N) is 1. The Hall–Kier alpha value is -1.02. The number of methoxy groups -OCH3 is 1. The van der Waals surface area contributed by atoms with Crippen LogP contribution >= 0.6 is 0 Å². The summed E-state index contributed by atoms with van der Waals surface area (Å²) < 4.78 is 5.22. The van der Waals surface area contributed by atoms with Crippen molar-refractivity contribution in [2.45, 2.75) is 51.0 Å². The summed E-state index contributed by atoms with van der Waals surface area (Å²) in [4.78, 5) is 0. The van der Waals surface area contributed by atoms with Gasteiger partial charge in [-0.05, 0) is 54.7 Å². The Bertz CT molecular complexity index is 428. The van der Waals surface area contributed by atoms with Crippen LogP contribution in [0, 0.1) is 17.8 Å². The van der Waals surface area contributed by atoms with E-state index in [-0.39, 0.29) is 6.04 Å². The molecule has 20 heavy (non-hydrogen) atoms. The first-order valence-electron chi connectivity index (χ1n) is 8.17. The SMILES string of the molecule is COc1ccc(C(N)C2CCC3CCCCC3C2)cc1. The van der Waals surface area contributed by atoms with Gasteiger partial charge >= 0.3 is 0 Å². The van der Waals surface area contributed by atoms with Gasteiger partial charge in [0.25, 0.3) is 0 Å². The molecule has 0 amide bonds. The third kappa shape index (κ3) is 2.85. The predicted molar refractivity (Wildman–Crippen MR) is 82.7 cm³/mol. The lowest BCUT2D eigenvalue weighted by Gasteiger charge is -2.41. The van der Waals surface area contributed by atoms with Crippen molar-refractivity contribution in [3.8, 4) is 5.75 Å². The van der Waals surface area contributed by atoms with Gasteiger partial charge in [-0.15, -0.1) is 0 Å². The summed E-state index contributed by atoms with van der Waals surface area (Å²) in [5, 5.41) is 0. The van der Waals surface area contributed by atoms with E-state index >= 15 is 0 Å². The first kappa shape index (κ1) is 13.9. The average Bonchev–Trinajstić information content (AvgIpc) is 2.54. The van der Waals surface area contributed by atoms with Gasteiger partial charge in [0.05, 0.1) is 7.11 Å². The highest BCUT2D eigenvalue weighted by Gasteiger charge is 2.34. The van der Waals surface area contributed by atoms with Crippen molar-refractivity contribution >= 4 is 0 Å². The Labute approximate surface area is 122 Å². The van der Waals surface area contributed by atoms with E-state index < -0.39 is 0 Å². The van der Waals surface area contributed by atoms with Gasteiger partial charge in [0.1, 0.15) is 5.75 Å². The van der Waals surface area contributed by atoms with Crippen LogP contribution in [0.25, 0.3) is 0 Å². The maximum absolute atomic E-state index is 6.54. The van der Waals surface area contributed by atoms with Gasteiger partial charge in [-0.2, -0.15) is 0 Å². The maximum atomic E-state index is 6.54. The van der Waals surface area contributed by atoms with Gasteiger partial charge in [-0.1, -0.05) is 37.8 Å². The molecule has 0 aromatic heterocycles. The number of benzene rings is 1. The fourth-order valence-corrected chi connectivity index (χ4v) is 4.33. The highest BCUT2D eigenvalue weighted by molar-refractivity contribution is 5.29. The van der Waals surface area contributed by atoms with Crippen LogP contribution in [0.3, 0.4) is 0 Å². The molecule has 2 N–H and O–H groups in total. The molecular formula is C18H27NO. The Morgan fingerprint density at radius 2 is 1.70 bits per heavy atom. The quantitative estimate of drug-likeness (QED) is 0.891. The van der Waals surface area contributed by atoms with Crippen LogP contribution in [0.5, 0.6) is 5.75 Å². The van der Waals surface area contributed by atoms with Gasteiger partial charge in [-0.3, -0.25) is 0 Å². The molecule has 2 aliphatic rings. The van der Waals surface area contributed by atoms with Gasteiger partial charge in [0.2, 0.25) is 0 Å². The molecular weight excluding hydrogens is 246 g/mol. The van der Waals surface area contributed by atoms with Gasteiger partial charge < -0.3 is 10.5 Å². The summed E-state index contributed by atoms with van der Waals surface area (Å²) in [5.74, 6) is 3.54. The van der Waals surface area contributed by atoms with E-state index in [1.807, 2.05) is 12.1 Å². The zero-order valence-corrected chi connectivity index (χ0v) is 12.6. The third-order valence-electron chi connectivity index (χ3n) is 5.59. The van der Waals surface area contributed by atoms with Gasteiger partial charge in [-0.25, -0.2) is 0 Å². The molecule has 0 saturated heterocycles. The minimum atomic E-state index is 0.198. The first-order valence-corrected chi connectivity index (χ1v) is 8.17. The van der Waals surface area contributed by atoms with E-state index in [9.17, 15) is 0 Å². The molecule has 0 aliphatic heterocycles.